The molecule has 0 atom stereocenters. The summed E-state index contributed by atoms with van der Waals surface area (Å²) >= 11 is 0. The van der Waals surface area contributed by atoms with E-state index in [2.05, 4.69) is 12.1 Å². The Hall–Kier alpha value is -0.530. The summed E-state index contributed by atoms with van der Waals surface area (Å²) in [6, 6.07) is 0. The van der Waals surface area contributed by atoms with Crippen molar-refractivity contribution in [2.75, 3.05) is 0 Å². The minimum atomic E-state index is 0.837. The van der Waals surface area contributed by atoms with E-state index in [1.807, 2.05) is 6.92 Å². The summed E-state index contributed by atoms with van der Waals surface area (Å²) in [5.74, 6) is 0. The van der Waals surface area contributed by atoms with Crippen molar-refractivity contribution in [3.8, 4) is 0 Å². The maximum Gasteiger partial charge on any atom is 0.0540 e. The van der Waals surface area contributed by atoms with E-state index in [0.29, 0.717) is 0 Å². The van der Waals surface area contributed by atoms with E-state index in [9.17, 15) is 0 Å². The first kappa shape index (κ1) is 8.47. The van der Waals surface area contributed by atoms with Crippen molar-refractivity contribution in [3.63, 3.8) is 0 Å². The fourth-order valence-corrected chi connectivity index (χ4v) is 0.681. The molecule has 54 valence electrons. The first-order valence-corrected chi connectivity index (χ1v) is 3.48. The van der Waals surface area contributed by atoms with Crippen molar-refractivity contribution in [1.82, 2.24) is 0 Å². The summed E-state index contributed by atoms with van der Waals surface area (Å²) in [5, 5.41) is 11.3. The molecule has 0 aliphatic carbocycles. The standard InChI is InChI=1S/C7H15NO/c1-3-4-5-6-7(2)8-9/h9H,3-6H2,1-2H3/b8-7-. The van der Waals surface area contributed by atoms with Crippen molar-refractivity contribution < 1.29 is 5.21 Å². The molecule has 0 heterocycles. The fraction of sp³-hybridized carbons (Fsp3) is 0.857. The van der Waals surface area contributed by atoms with Crippen molar-refractivity contribution in [1.29, 1.82) is 0 Å². The SMILES string of the molecule is CCCCC/C(C)=N\O. The predicted octanol–water partition coefficient (Wildman–Crippen LogP) is 2.42. The highest BCUT2D eigenvalue weighted by Gasteiger charge is 1.89. The van der Waals surface area contributed by atoms with Gasteiger partial charge in [0, 0.05) is 0 Å². The van der Waals surface area contributed by atoms with Crippen LogP contribution in [-0.4, -0.2) is 10.9 Å². The third-order valence-corrected chi connectivity index (χ3v) is 1.31. The number of rotatable bonds is 4. The molecule has 0 saturated carbocycles. The molecule has 0 saturated heterocycles. The van der Waals surface area contributed by atoms with Crippen LogP contribution in [0.25, 0.3) is 0 Å². The molecule has 0 rings (SSSR count). The van der Waals surface area contributed by atoms with Crippen molar-refractivity contribution in [2.24, 2.45) is 5.16 Å². The van der Waals surface area contributed by atoms with Crippen LogP contribution in [0.2, 0.25) is 0 Å². The number of oxime groups is 1. The van der Waals surface area contributed by atoms with Crippen LogP contribution in [0.4, 0.5) is 0 Å². The third kappa shape index (κ3) is 5.34. The maximum atomic E-state index is 8.22. The lowest BCUT2D eigenvalue weighted by molar-refractivity contribution is 0.317. The van der Waals surface area contributed by atoms with Gasteiger partial charge in [-0.05, 0) is 19.8 Å². The van der Waals surface area contributed by atoms with Gasteiger partial charge in [0.05, 0.1) is 5.71 Å². The van der Waals surface area contributed by atoms with Crippen LogP contribution < -0.4 is 0 Å². The van der Waals surface area contributed by atoms with Crippen LogP contribution in [0.3, 0.4) is 0 Å². The molecule has 0 aliphatic heterocycles. The second-order valence-electron chi connectivity index (χ2n) is 2.29. The van der Waals surface area contributed by atoms with Crippen molar-refractivity contribution in [3.05, 3.63) is 0 Å². The van der Waals surface area contributed by atoms with E-state index in [0.717, 1.165) is 18.6 Å². The van der Waals surface area contributed by atoms with E-state index in [4.69, 9.17) is 5.21 Å². The molecule has 0 radical (unpaired) electrons. The van der Waals surface area contributed by atoms with Crippen molar-refractivity contribution >= 4 is 5.71 Å². The van der Waals surface area contributed by atoms with E-state index < -0.39 is 0 Å². The molecule has 0 spiro atoms. The summed E-state index contributed by atoms with van der Waals surface area (Å²) in [6.07, 6.45) is 4.53. The van der Waals surface area contributed by atoms with Gasteiger partial charge in [-0.3, -0.25) is 0 Å². The van der Waals surface area contributed by atoms with Gasteiger partial charge in [-0.25, -0.2) is 0 Å². The van der Waals surface area contributed by atoms with Crippen LogP contribution >= 0.6 is 0 Å². The van der Waals surface area contributed by atoms with Gasteiger partial charge < -0.3 is 5.21 Å². The second kappa shape index (κ2) is 5.60. The Bertz CT molecular complexity index is 88.9. The Balaban J connectivity index is 3.07. The molecule has 0 amide bonds. The molecule has 2 nitrogen and oxygen atoms in total. The molecule has 2 heteroatoms. The molecule has 0 aliphatic rings. The van der Waals surface area contributed by atoms with E-state index >= 15 is 0 Å². The Morgan fingerprint density at radius 3 is 2.56 bits per heavy atom. The van der Waals surface area contributed by atoms with Gasteiger partial charge >= 0.3 is 0 Å². The molecular formula is C7H15NO. The highest BCUT2D eigenvalue weighted by Crippen LogP contribution is 1.99. The molecule has 0 aromatic carbocycles. The summed E-state index contributed by atoms with van der Waals surface area (Å²) in [7, 11) is 0. The van der Waals surface area contributed by atoms with Gasteiger partial charge in [-0.15, -0.1) is 0 Å². The van der Waals surface area contributed by atoms with Crippen LogP contribution in [0.1, 0.15) is 39.5 Å². The Morgan fingerprint density at radius 2 is 2.11 bits per heavy atom. The fourth-order valence-electron chi connectivity index (χ4n) is 0.681. The van der Waals surface area contributed by atoms with Crippen LogP contribution in [0.15, 0.2) is 5.16 Å². The first-order valence-electron chi connectivity index (χ1n) is 3.48. The lowest BCUT2D eigenvalue weighted by Crippen LogP contribution is -1.89. The summed E-state index contributed by atoms with van der Waals surface area (Å²) in [4.78, 5) is 0. The molecule has 0 fully saturated rings. The molecule has 0 aromatic rings. The second-order valence-corrected chi connectivity index (χ2v) is 2.29. The maximum absolute atomic E-state index is 8.22. The number of hydrogen-bond acceptors (Lipinski definition) is 2. The average Bonchev–Trinajstić information content (AvgIpc) is 1.89. The lowest BCUT2D eigenvalue weighted by atomic mass is 10.1. The zero-order valence-corrected chi connectivity index (χ0v) is 6.22. The van der Waals surface area contributed by atoms with E-state index in [1.165, 1.54) is 12.8 Å². The Morgan fingerprint density at radius 1 is 1.44 bits per heavy atom. The number of hydrogen-bond donors (Lipinski definition) is 1. The lowest BCUT2D eigenvalue weighted by Gasteiger charge is -1.94. The highest BCUT2D eigenvalue weighted by molar-refractivity contribution is 5.81. The summed E-state index contributed by atoms with van der Waals surface area (Å²) in [6.45, 7) is 4.00. The minimum Gasteiger partial charge on any atom is -0.411 e. The Labute approximate surface area is 56.6 Å². The van der Waals surface area contributed by atoms with Crippen LogP contribution in [0, 0.1) is 0 Å². The zero-order valence-electron chi connectivity index (χ0n) is 6.22. The molecule has 0 unspecified atom stereocenters. The van der Waals surface area contributed by atoms with Crippen LogP contribution in [-0.2, 0) is 0 Å². The highest BCUT2D eigenvalue weighted by atomic mass is 16.4. The largest absolute Gasteiger partial charge is 0.411 e. The van der Waals surface area contributed by atoms with E-state index in [1.54, 1.807) is 0 Å². The molecule has 0 aromatic heterocycles. The smallest absolute Gasteiger partial charge is 0.0540 e. The van der Waals surface area contributed by atoms with Gasteiger partial charge in [0.25, 0.3) is 0 Å². The van der Waals surface area contributed by atoms with Gasteiger partial charge in [0.2, 0.25) is 0 Å². The monoisotopic (exact) mass is 129 g/mol. The van der Waals surface area contributed by atoms with Gasteiger partial charge in [-0.1, -0.05) is 24.9 Å². The predicted molar refractivity (Wildman–Crippen MR) is 39.0 cm³/mol. The first-order chi connectivity index (χ1) is 4.31. The average molecular weight is 129 g/mol. The quantitative estimate of drug-likeness (QED) is 0.269. The molecule has 9 heavy (non-hydrogen) atoms. The van der Waals surface area contributed by atoms with Crippen LogP contribution in [0.5, 0.6) is 0 Å². The zero-order chi connectivity index (χ0) is 7.11. The van der Waals surface area contributed by atoms with Gasteiger partial charge in [0.1, 0.15) is 0 Å². The normalized spacial score (nSPS) is 12.0. The molecular weight excluding hydrogens is 114 g/mol. The number of unbranched alkanes of at least 4 members (excludes halogenated alkanes) is 2. The third-order valence-electron chi connectivity index (χ3n) is 1.31. The minimum absolute atomic E-state index is 0.837. The number of nitrogens with zero attached hydrogens (tertiary/aromatic N) is 1. The van der Waals surface area contributed by atoms with E-state index in [-0.39, 0.29) is 0 Å². The topological polar surface area (TPSA) is 32.6 Å². The van der Waals surface area contributed by atoms with Gasteiger partial charge in [-0.2, -0.15) is 0 Å². The summed E-state index contributed by atoms with van der Waals surface area (Å²) in [5.41, 5.74) is 0.837. The van der Waals surface area contributed by atoms with Gasteiger partial charge in [0.15, 0.2) is 0 Å². The van der Waals surface area contributed by atoms with Crippen molar-refractivity contribution in [2.45, 2.75) is 39.5 Å². The molecule has 1 N–H and O–H groups in total. The summed E-state index contributed by atoms with van der Waals surface area (Å²) < 4.78 is 0. The Kier molecular flexibility index (Phi) is 5.27. The molecule has 0 bridgehead atoms.